The Morgan fingerprint density at radius 2 is 1.60 bits per heavy atom. The normalized spacial score (nSPS) is 31.0. The summed E-state index contributed by atoms with van der Waals surface area (Å²) >= 11 is 0. The van der Waals surface area contributed by atoms with Crippen LogP contribution in [0.5, 0.6) is 0 Å². The summed E-state index contributed by atoms with van der Waals surface area (Å²) in [4.78, 5) is 24.0. The minimum absolute atomic E-state index is 0.0102. The summed E-state index contributed by atoms with van der Waals surface area (Å²) in [6, 6.07) is 9.19. The minimum atomic E-state index is -0.864. The number of anilines is 1. The van der Waals surface area contributed by atoms with Crippen molar-refractivity contribution in [3.63, 3.8) is 0 Å². The number of carbonyl (C=O) groups excluding carboxylic acids is 1. The van der Waals surface area contributed by atoms with E-state index in [1.165, 1.54) is 0 Å². The number of amides is 1. The van der Waals surface area contributed by atoms with Crippen molar-refractivity contribution in [3.8, 4) is 0 Å². The number of carboxylic acids is 1. The lowest BCUT2D eigenvalue weighted by atomic mass is 9.62. The Morgan fingerprint density at radius 3 is 2.15 bits per heavy atom. The van der Waals surface area contributed by atoms with Gasteiger partial charge in [-0.25, -0.2) is 0 Å². The zero-order chi connectivity index (χ0) is 14.1. The van der Waals surface area contributed by atoms with Crippen LogP contribution < -0.4 is 5.32 Å². The van der Waals surface area contributed by atoms with Gasteiger partial charge in [0.2, 0.25) is 5.91 Å². The van der Waals surface area contributed by atoms with Crippen LogP contribution in [0.4, 0.5) is 5.69 Å². The first-order chi connectivity index (χ1) is 9.66. The van der Waals surface area contributed by atoms with Gasteiger partial charge in [-0.1, -0.05) is 30.4 Å². The van der Waals surface area contributed by atoms with Crippen molar-refractivity contribution in [1.29, 1.82) is 0 Å². The van der Waals surface area contributed by atoms with Crippen LogP contribution in [-0.4, -0.2) is 17.0 Å². The van der Waals surface area contributed by atoms with Crippen molar-refractivity contribution >= 4 is 17.6 Å². The van der Waals surface area contributed by atoms with Crippen LogP contribution in [0.15, 0.2) is 42.5 Å². The SMILES string of the molecule is O=C(O)C1C2C=CC(CC2)C1C(=O)Nc1ccccc1. The van der Waals surface area contributed by atoms with Gasteiger partial charge in [0.25, 0.3) is 0 Å². The first-order valence-corrected chi connectivity index (χ1v) is 6.94. The summed E-state index contributed by atoms with van der Waals surface area (Å²) in [6.07, 6.45) is 5.76. The number of nitrogens with one attached hydrogen (secondary N) is 1. The van der Waals surface area contributed by atoms with Gasteiger partial charge >= 0.3 is 5.97 Å². The third-order valence-corrected chi connectivity index (χ3v) is 4.38. The first kappa shape index (κ1) is 12.9. The summed E-state index contributed by atoms with van der Waals surface area (Å²) in [7, 11) is 0. The smallest absolute Gasteiger partial charge is 0.307 e. The fraction of sp³-hybridized carbons (Fsp3) is 0.375. The molecule has 3 aliphatic carbocycles. The molecule has 104 valence electrons. The molecule has 0 spiro atoms. The molecule has 4 rings (SSSR count). The Hall–Kier alpha value is -2.10. The molecule has 4 atom stereocenters. The summed E-state index contributed by atoms with van der Waals surface area (Å²) in [6.45, 7) is 0. The maximum Gasteiger partial charge on any atom is 0.307 e. The molecule has 2 bridgehead atoms. The summed E-state index contributed by atoms with van der Waals surface area (Å²) in [5.74, 6) is -2.06. The average Bonchev–Trinajstić information content (AvgIpc) is 2.48. The van der Waals surface area contributed by atoms with Crippen molar-refractivity contribution in [3.05, 3.63) is 42.5 Å². The molecule has 4 heteroatoms. The molecule has 0 radical (unpaired) electrons. The van der Waals surface area contributed by atoms with Crippen LogP contribution in [-0.2, 0) is 9.59 Å². The molecule has 1 fully saturated rings. The van der Waals surface area contributed by atoms with Gasteiger partial charge in [0.15, 0.2) is 0 Å². The lowest BCUT2D eigenvalue weighted by Gasteiger charge is -2.41. The van der Waals surface area contributed by atoms with Gasteiger partial charge in [-0.05, 0) is 36.8 Å². The van der Waals surface area contributed by atoms with Crippen molar-refractivity contribution in [2.45, 2.75) is 12.8 Å². The Labute approximate surface area is 117 Å². The third-order valence-electron chi connectivity index (χ3n) is 4.38. The van der Waals surface area contributed by atoms with Crippen LogP contribution in [0.3, 0.4) is 0 Å². The van der Waals surface area contributed by atoms with E-state index in [1.807, 2.05) is 42.5 Å². The molecule has 0 saturated heterocycles. The van der Waals surface area contributed by atoms with Crippen molar-refractivity contribution in [2.75, 3.05) is 5.32 Å². The second-order valence-corrected chi connectivity index (χ2v) is 5.54. The van der Waals surface area contributed by atoms with Gasteiger partial charge in [-0.15, -0.1) is 0 Å². The number of allylic oxidation sites excluding steroid dienone is 2. The van der Waals surface area contributed by atoms with Crippen LogP contribution >= 0.6 is 0 Å². The quantitative estimate of drug-likeness (QED) is 0.830. The number of rotatable bonds is 3. The van der Waals surface area contributed by atoms with Crippen LogP contribution in [0.2, 0.25) is 0 Å². The van der Waals surface area contributed by atoms with E-state index in [0.29, 0.717) is 5.69 Å². The van der Waals surface area contributed by atoms with Crippen LogP contribution in [0, 0.1) is 23.7 Å². The Morgan fingerprint density at radius 1 is 1.00 bits per heavy atom. The van der Waals surface area contributed by atoms with E-state index >= 15 is 0 Å². The molecule has 1 amide bonds. The van der Waals surface area contributed by atoms with Gasteiger partial charge < -0.3 is 10.4 Å². The predicted octanol–water partition coefficient (Wildman–Crippen LogP) is 2.54. The zero-order valence-electron chi connectivity index (χ0n) is 11.0. The number of carbonyl (C=O) groups is 2. The molecule has 4 nitrogen and oxygen atoms in total. The lowest BCUT2D eigenvalue weighted by molar-refractivity contribution is -0.151. The maximum atomic E-state index is 12.5. The Balaban J connectivity index is 1.82. The highest BCUT2D eigenvalue weighted by Crippen LogP contribution is 2.45. The van der Waals surface area contributed by atoms with Gasteiger partial charge in [0.1, 0.15) is 0 Å². The molecule has 0 aromatic heterocycles. The summed E-state index contributed by atoms with van der Waals surface area (Å²) in [5.41, 5.74) is 0.715. The van der Waals surface area contributed by atoms with E-state index in [0.717, 1.165) is 12.8 Å². The molecule has 1 saturated carbocycles. The second-order valence-electron chi connectivity index (χ2n) is 5.54. The number of fused-ring (bicyclic) bond motifs is 2. The molecule has 1 aromatic carbocycles. The highest BCUT2D eigenvalue weighted by Gasteiger charge is 2.48. The fourth-order valence-corrected chi connectivity index (χ4v) is 3.44. The molecule has 20 heavy (non-hydrogen) atoms. The predicted molar refractivity (Wildman–Crippen MR) is 75.0 cm³/mol. The van der Waals surface area contributed by atoms with Gasteiger partial charge in [-0.2, -0.15) is 0 Å². The van der Waals surface area contributed by atoms with E-state index < -0.39 is 17.8 Å². The molecule has 2 N–H and O–H groups in total. The van der Waals surface area contributed by atoms with Gasteiger partial charge in [0, 0.05) is 5.69 Å². The van der Waals surface area contributed by atoms with Gasteiger partial charge in [-0.3, -0.25) is 9.59 Å². The molecular weight excluding hydrogens is 254 g/mol. The number of para-hydroxylation sites is 1. The van der Waals surface area contributed by atoms with Crippen molar-refractivity contribution < 1.29 is 14.7 Å². The minimum Gasteiger partial charge on any atom is -0.481 e. The summed E-state index contributed by atoms with van der Waals surface area (Å²) in [5, 5.41) is 12.3. The molecule has 4 unspecified atom stereocenters. The summed E-state index contributed by atoms with van der Waals surface area (Å²) < 4.78 is 0. The number of carboxylic acid groups (broad SMARTS) is 1. The van der Waals surface area contributed by atoms with Crippen LogP contribution in [0.1, 0.15) is 12.8 Å². The van der Waals surface area contributed by atoms with E-state index in [-0.39, 0.29) is 17.7 Å². The molecule has 0 aliphatic heterocycles. The number of hydrogen-bond donors (Lipinski definition) is 2. The fourth-order valence-electron chi connectivity index (χ4n) is 3.44. The highest BCUT2D eigenvalue weighted by atomic mass is 16.4. The Bertz CT molecular complexity index is 552. The van der Waals surface area contributed by atoms with Gasteiger partial charge in [0.05, 0.1) is 11.8 Å². The van der Waals surface area contributed by atoms with Crippen molar-refractivity contribution in [2.24, 2.45) is 23.7 Å². The second kappa shape index (κ2) is 5.12. The monoisotopic (exact) mass is 271 g/mol. The third kappa shape index (κ3) is 2.22. The largest absolute Gasteiger partial charge is 0.481 e. The zero-order valence-corrected chi connectivity index (χ0v) is 11.0. The van der Waals surface area contributed by atoms with E-state index in [2.05, 4.69) is 5.32 Å². The molecule has 0 heterocycles. The number of aliphatic carboxylic acids is 1. The van der Waals surface area contributed by atoms with Crippen LogP contribution in [0.25, 0.3) is 0 Å². The molecule has 3 aliphatic rings. The average molecular weight is 271 g/mol. The maximum absolute atomic E-state index is 12.5. The number of benzene rings is 1. The topological polar surface area (TPSA) is 66.4 Å². The van der Waals surface area contributed by atoms with E-state index in [9.17, 15) is 14.7 Å². The van der Waals surface area contributed by atoms with E-state index in [4.69, 9.17) is 0 Å². The van der Waals surface area contributed by atoms with E-state index in [1.54, 1.807) is 0 Å². The lowest BCUT2D eigenvalue weighted by Crippen LogP contribution is -2.47. The molecule has 1 aromatic rings. The highest BCUT2D eigenvalue weighted by molar-refractivity contribution is 5.96. The first-order valence-electron chi connectivity index (χ1n) is 6.94. The van der Waals surface area contributed by atoms with Crippen molar-refractivity contribution in [1.82, 2.24) is 0 Å². The molecular formula is C16H17NO3. The number of hydrogen-bond acceptors (Lipinski definition) is 2. The Kier molecular flexibility index (Phi) is 3.30. The standard InChI is InChI=1S/C16H17NO3/c18-15(17-12-4-2-1-3-5-12)13-10-6-8-11(9-7-10)14(13)16(19)20/h1-6,8,10-11,13-14H,7,9H2,(H,17,18)(H,19,20).